The van der Waals surface area contributed by atoms with Crippen molar-refractivity contribution < 1.29 is 4.79 Å². The molecule has 0 saturated carbocycles. The van der Waals surface area contributed by atoms with Gasteiger partial charge in [-0.3, -0.25) is 4.79 Å². The van der Waals surface area contributed by atoms with Crippen molar-refractivity contribution in [2.45, 2.75) is 0 Å². The molecule has 0 aromatic heterocycles. The lowest BCUT2D eigenvalue weighted by Crippen LogP contribution is -1.89. The second-order valence-electron chi connectivity index (χ2n) is 2.61. The van der Waals surface area contributed by atoms with Gasteiger partial charge in [-0.05, 0) is 0 Å². The number of hydrogen-bond acceptors (Lipinski definition) is 2. The van der Waals surface area contributed by atoms with Crippen molar-refractivity contribution >= 4 is 22.7 Å². The van der Waals surface area contributed by atoms with Crippen molar-refractivity contribution in [3.8, 4) is 0 Å². The minimum atomic E-state index is -0.219. The molecule has 0 atom stereocenters. The molecular weight excluding hydrogens is 182 g/mol. The summed E-state index contributed by atoms with van der Waals surface area (Å²) in [5.41, 5.74) is 0.972. The fourth-order valence-electron chi connectivity index (χ4n) is 1.04. The van der Waals surface area contributed by atoms with Gasteiger partial charge in [0.2, 0.25) is 0 Å². The van der Waals surface area contributed by atoms with E-state index in [1.807, 2.05) is 30.3 Å². The van der Waals surface area contributed by atoms with E-state index in [2.05, 4.69) is 11.6 Å². The predicted molar refractivity (Wildman–Crippen MR) is 54.7 cm³/mol. The molecule has 64 valence electrons. The maximum Gasteiger partial charge on any atom is 0.284 e. The molecular formula is C10H7NOS. The number of carbonyl (C=O) groups is 1. The molecule has 2 nitrogen and oxygen atoms in total. The third kappa shape index (κ3) is 1.55. The monoisotopic (exact) mass is 189 g/mol. The molecule has 3 heteroatoms. The summed E-state index contributed by atoms with van der Waals surface area (Å²) in [6.45, 7) is 3.61. The van der Waals surface area contributed by atoms with Crippen LogP contribution in [-0.4, -0.2) is 11.0 Å². The van der Waals surface area contributed by atoms with Gasteiger partial charge in [0.05, 0.1) is 4.91 Å². The van der Waals surface area contributed by atoms with Gasteiger partial charge >= 0.3 is 0 Å². The van der Waals surface area contributed by atoms with Crippen LogP contribution < -0.4 is 0 Å². The van der Waals surface area contributed by atoms with Gasteiger partial charge in [-0.25, -0.2) is 4.99 Å². The Morgan fingerprint density at radius 1 is 1.23 bits per heavy atom. The van der Waals surface area contributed by atoms with Crippen molar-refractivity contribution in [1.82, 2.24) is 0 Å². The van der Waals surface area contributed by atoms with Gasteiger partial charge in [0.25, 0.3) is 5.91 Å². The van der Waals surface area contributed by atoms with Gasteiger partial charge in [-0.1, -0.05) is 48.7 Å². The molecule has 1 amide bonds. The van der Waals surface area contributed by atoms with Crippen LogP contribution in [0.15, 0.2) is 46.8 Å². The molecule has 0 N–H and O–H groups in total. The number of carbonyl (C=O) groups excluding carboxylic acids is 1. The maximum absolute atomic E-state index is 11.0. The standard InChI is InChI=1S/C10H7NOS/c1-7-9(12)11-10(13-7)8-5-3-2-4-6-8/h2-6H,1H2. The molecule has 1 aliphatic heterocycles. The smallest absolute Gasteiger partial charge is 0.266 e. The van der Waals surface area contributed by atoms with Gasteiger partial charge < -0.3 is 0 Å². The quantitative estimate of drug-likeness (QED) is 0.634. The zero-order chi connectivity index (χ0) is 9.26. The highest BCUT2D eigenvalue weighted by atomic mass is 32.2. The maximum atomic E-state index is 11.0. The first kappa shape index (κ1) is 8.26. The molecule has 1 aromatic rings. The van der Waals surface area contributed by atoms with Crippen LogP contribution in [0.1, 0.15) is 5.56 Å². The van der Waals surface area contributed by atoms with Gasteiger partial charge in [-0.2, -0.15) is 0 Å². The minimum absolute atomic E-state index is 0.219. The number of thioether (sulfide) groups is 1. The number of nitrogens with zero attached hydrogens (tertiary/aromatic N) is 1. The van der Waals surface area contributed by atoms with Crippen LogP contribution in [0.5, 0.6) is 0 Å². The van der Waals surface area contributed by atoms with Gasteiger partial charge in [-0.15, -0.1) is 0 Å². The second kappa shape index (κ2) is 3.18. The highest BCUT2D eigenvalue weighted by molar-refractivity contribution is 8.19. The second-order valence-corrected chi connectivity index (χ2v) is 3.70. The average molecular weight is 189 g/mol. The molecule has 13 heavy (non-hydrogen) atoms. The van der Waals surface area contributed by atoms with Crippen LogP contribution in [-0.2, 0) is 4.79 Å². The van der Waals surface area contributed by atoms with Crippen LogP contribution in [0.3, 0.4) is 0 Å². The molecule has 2 rings (SSSR count). The molecule has 0 unspecified atom stereocenters. The Labute approximate surface area is 80.4 Å². The number of hydrogen-bond donors (Lipinski definition) is 0. The summed E-state index contributed by atoms with van der Waals surface area (Å²) in [5, 5.41) is 0.746. The molecule has 0 spiro atoms. The van der Waals surface area contributed by atoms with Gasteiger partial charge in [0.15, 0.2) is 0 Å². The van der Waals surface area contributed by atoms with E-state index < -0.39 is 0 Å². The summed E-state index contributed by atoms with van der Waals surface area (Å²) in [4.78, 5) is 15.4. The van der Waals surface area contributed by atoms with Crippen LogP contribution in [0.4, 0.5) is 0 Å². The molecule has 1 heterocycles. The first-order valence-corrected chi connectivity index (χ1v) is 4.64. The third-order valence-corrected chi connectivity index (χ3v) is 2.62. The Kier molecular flexibility index (Phi) is 2.02. The first-order chi connectivity index (χ1) is 6.27. The van der Waals surface area contributed by atoms with Crippen LogP contribution in [0, 0.1) is 0 Å². The summed E-state index contributed by atoms with van der Waals surface area (Å²) >= 11 is 1.33. The Bertz CT molecular complexity index is 395. The highest BCUT2D eigenvalue weighted by Crippen LogP contribution is 2.28. The minimum Gasteiger partial charge on any atom is -0.266 e. The summed E-state index contributed by atoms with van der Waals surface area (Å²) in [6.07, 6.45) is 0. The molecule has 0 aliphatic carbocycles. The Morgan fingerprint density at radius 2 is 1.92 bits per heavy atom. The summed E-state index contributed by atoms with van der Waals surface area (Å²) in [7, 11) is 0. The zero-order valence-corrected chi connectivity index (χ0v) is 7.67. The van der Waals surface area contributed by atoms with E-state index in [0.717, 1.165) is 10.6 Å². The van der Waals surface area contributed by atoms with Gasteiger partial charge in [0, 0.05) is 5.56 Å². The van der Waals surface area contributed by atoms with Crippen molar-refractivity contribution in [1.29, 1.82) is 0 Å². The number of rotatable bonds is 1. The predicted octanol–water partition coefficient (Wildman–Crippen LogP) is 2.22. The van der Waals surface area contributed by atoms with Crippen LogP contribution in [0.2, 0.25) is 0 Å². The molecule has 1 aliphatic rings. The topological polar surface area (TPSA) is 29.4 Å². The Hall–Kier alpha value is -1.35. The van der Waals surface area contributed by atoms with E-state index in [1.54, 1.807) is 0 Å². The zero-order valence-electron chi connectivity index (χ0n) is 6.86. The van der Waals surface area contributed by atoms with E-state index in [9.17, 15) is 4.79 Å². The molecule has 0 bridgehead atoms. The van der Waals surface area contributed by atoms with Crippen LogP contribution in [0.25, 0.3) is 0 Å². The molecule has 0 fully saturated rings. The number of benzene rings is 1. The van der Waals surface area contributed by atoms with E-state index in [0.29, 0.717) is 4.91 Å². The summed E-state index contributed by atoms with van der Waals surface area (Å²) in [5.74, 6) is -0.219. The normalized spacial score (nSPS) is 16.2. The van der Waals surface area contributed by atoms with Crippen molar-refractivity contribution in [2.75, 3.05) is 0 Å². The lowest BCUT2D eigenvalue weighted by atomic mass is 10.2. The van der Waals surface area contributed by atoms with Crippen molar-refractivity contribution in [3.63, 3.8) is 0 Å². The first-order valence-electron chi connectivity index (χ1n) is 3.82. The molecule has 0 radical (unpaired) electrons. The average Bonchev–Trinajstić information content (AvgIpc) is 2.49. The fourth-order valence-corrected chi connectivity index (χ4v) is 1.79. The highest BCUT2D eigenvalue weighted by Gasteiger charge is 2.20. The summed E-state index contributed by atoms with van der Waals surface area (Å²) in [6, 6.07) is 9.63. The third-order valence-electron chi connectivity index (χ3n) is 1.68. The van der Waals surface area contributed by atoms with E-state index in [1.165, 1.54) is 11.8 Å². The Morgan fingerprint density at radius 3 is 2.46 bits per heavy atom. The molecule has 0 saturated heterocycles. The number of amides is 1. The molecule has 1 aromatic carbocycles. The largest absolute Gasteiger partial charge is 0.284 e. The SMILES string of the molecule is C=C1SC(c2ccccc2)=NC1=O. The fraction of sp³-hybridized carbons (Fsp3) is 0. The van der Waals surface area contributed by atoms with E-state index in [-0.39, 0.29) is 5.91 Å². The summed E-state index contributed by atoms with van der Waals surface area (Å²) < 4.78 is 0. The Balaban J connectivity index is 2.35. The van der Waals surface area contributed by atoms with E-state index >= 15 is 0 Å². The number of aliphatic imine (C=N–C) groups is 1. The van der Waals surface area contributed by atoms with Crippen molar-refractivity contribution in [2.24, 2.45) is 4.99 Å². The van der Waals surface area contributed by atoms with E-state index in [4.69, 9.17) is 0 Å². The van der Waals surface area contributed by atoms with Crippen molar-refractivity contribution in [3.05, 3.63) is 47.4 Å². The lowest BCUT2D eigenvalue weighted by Gasteiger charge is -1.96. The lowest BCUT2D eigenvalue weighted by molar-refractivity contribution is -0.113. The van der Waals surface area contributed by atoms with Gasteiger partial charge in [0.1, 0.15) is 5.04 Å². The van der Waals surface area contributed by atoms with Crippen LogP contribution >= 0.6 is 11.8 Å².